The maximum atomic E-state index is 5.49. The first-order chi connectivity index (χ1) is 11.5. The van der Waals surface area contributed by atoms with Gasteiger partial charge in [-0.15, -0.1) is 24.0 Å². The molecule has 0 radical (unpaired) electrons. The molecule has 142 valence electrons. The summed E-state index contributed by atoms with van der Waals surface area (Å²) in [4.78, 5) is 7.32. The van der Waals surface area contributed by atoms with Crippen molar-refractivity contribution in [3.05, 3.63) is 29.8 Å². The molecule has 1 unspecified atom stereocenters. The number of hydrogen-bond donors (Lipinski definition) is 1. The quantitative estimate of drug-likeness (QED) is 0.392. The minimum atomic E-state index is 0. The van der Waals surface area contributed by atoms with E-state index < -0.39 is 0 Å². The van der Waals surface area contributed by atoms with Gasteiger partial charge in [-0.25, -0.2) is 0 Å². The van der Waals surface area contributed by atoms with Gasteiger partial charge >= 0.3 is 0 Å². The molecule has 6 heteroatoms. The summed E-state index contributed by atoms with van der Waals surface area (Å²) in [7, 11) is 1.73. The van der Waals surface area contributed by atoms with Crippen LogP contribution in [0.2, 0.25) is 0 Å². The Kier molecular flexibility index (Phi) is 9.41. The standard InChI is InChI=1S/C19H31N3OS.HI/c1-6-20-18(22-11-12-24-19(3,4)14-22)21-13-15(2)16-9-7-8-10-17(16)23-5;/h7-10,15H,6,11-14H2,1-5H3,(H,20,21);1H. The number of para-hydroxylation sites is 1. The smallest absolute Gasteiger partial charge is 0.194 e. The zero-order chi connectivity index (χ0) is 17.6. The van der Waals surface area contributed by atoms with Crippen molar-refractivity contribution in [1.29, 1.82) is 0 Å². The van der Waals surface area contributed by atoms with Crippen LogP contribution < -0.4 is 10.1 Å². The monoisotopic (exact) mass is 477 g/mol. The molecule has 1 aromatic carbocycles. The molecule has 1 aromatic rings. The normalized spacial score (nSPS) is 18.3. The van der Waals surface area contributed by atoms with Crippen molar-refractivity contribution in [2.45, 2.75) is 38.4 Å². The number of halogens is 1. The second-order valence-corrected chi connectivity index (χ2v) is 8.67. The third kappa shape index (κ3) is 6.55. The van der Waals surface area contributed by atoms with Crippen molar-refractivity contribution >= 4 is 41.7 Å². The fourth-order valence-corrected chi connectivity index (χ4v) is 4.13. The highest BCUT2D eigenvalue weighted by Crippen LogP contribution is 2.30. The first kappa shape index (κ1) is 22.4. The van der Waals surface area contributed by atoms with E-state index in [2.05, 4.69) is 50.0 Å². The summed E-state index contributed by atoms with van der Waals surface area (Å²) in [6, 6.07) is 8.22. The molecule has 2 rings (SSSR count). The topological polar surface area (TPSA) is 36.9 Å². The Morgan fingerprint density at radius 1 is 1.40 bits per heavy atom. The number of guanidine groups is 1. The van der Waals surface area contributed by atoms with Gasteiger partial charge in [-0.05, 0) is 32.4 Å². The molecule has 0 aliphatic carbocycles. The molecule has 1 N–H and O–H groups in total. The van der Waals surface area contributed by atoms with Gasteiger partial charge in [-0.3, -0.25) is 4.99 Å². The van der Waals surface area contributed by atoms with E-state index >= 15 is 0 Å². The maximum absolute atomic E-state index is 5.49. The molecule has 4 nitrogen and oxygen atoms in total. The summed E-state index contributed by atoms with van der Waals surface area (Å²) >= 11 is 2.04. The summed E-state index contributed by atoms with van der Waals surface area (Å²) in [5.41, 5.74) is 1.22. The Morgan fingerprint density at radius 2 is 2.12 bits per heavy atom. The highest BCUT2D eigenvalue weighted by Gasteiger charge is 2.28. The average Bonchev–Trinajstić information content (AvgIpc) is 2.57. The SMILES string of the molecule is CCNC(=NCC(C)c1ccccc1OC)N1CCSC(C)(C)C1.I. The van der Waals surface area contributed by atoms with E-state index in [9.17, 15) is 0 Å². The molecule has 0 spiro atoms. The van der Waals surface area contributed by atoms with Crippen molar-refractivity contribution < 1.29 is 4.74 Å². The molecule has 1 heterocycles. The Bertz CT molecular complexity index is 565. The van der Waals surface area contributed by atoms with Crippen LogP contribution in [-0.2, 0) is 0 Å². The zero-order valence-electron chi connectivity index (χ0n) is 16.0. The number of ether oxygens (including phenoxy) is 1. The van der Waals surface area contributed by atoms with Crippen LogP contribution in [0.15, 0.2) is 29.3 Å². The Hall–Kier alpha value is -0.630. The average molecular weight is 477 g/mol. The minimum Gasteiger partial charge on any atom is -0.496 e. The number of thioether (sulfide) groups is 1. The van der Waals surface area contributed by atoms with E-state index in [-0.39, 0.29) is 28.7 Å². The molecular weight excluding hydrogens is 445 g/mol. The van der Waals surface area contributed by atoms with E-state index in [0.717, 1.165) is 43.6 Å². The van der Waals surface area contributed by atoms with Gasteiger partial charge < -0.3 is 15.0 Å². The van der Waals surface area contributed by atoms with Crippen molar-refractivity contribution in [2.75, 3.05) is 39.0 Å². The van der Waals surface area contributed by atoms with Gasteiger partial charge in [0.15, 0.2) is 5.96 Å². The molecule has 0 aromatic heterocycles. The molecule has 0 bridgehead atoms. The summed E-state index contributed by atoms with van der Waals surface area (Å²) in [6.45, 7) is 12.7. The first-order valence-corrected chi connectivity index (χ1v) is 9.75. The van der Waals surface area contributed by atoms with Gasteiger partial charge in [0.1, 0.15) is 5.75 Å². The van der Waals surface area contributed by atoms with E-state index in [1.54, 1.807) is 7.11 Å². The maximum Gasteiger partial charge on any atom is 0.194 e. The molecule has 1 aliphatic rings. The molecule has 0 amide bonds. The van der Waals surface area contributed by atoms with E-state index in [1.807, 2.05) is 23.9 Å². The highest BCUT2D eigenvalue weighted by atomic mass is 127. The van der Waals surface area contributed by atoms with Crippen LogP contribution in [-0.4, -0.2) is 54.6 Å². The van der Waals surface area contributed by atoms with Crippen molar-refractivity contribution in [2.24, 2.45) is 4.99 Å². The second kappa shape index (κ2) is 10.5. The molecule has 0 saturated carbocycles. The third-order valence-corrected chi connectivity index (χ3v) is 5.54. The minimum absolute atomic E-state index is 0. The predicted molar refractivity (Wildman–Crippen MR) is 121 cm³/mol. The van der Waals surface area contributed by atoms with Crippen LogP contribution >= 0.6 is 35.7 Å². The van der Waals surface area contributed by atoms with Crippen molar-refractivity contribution in [1.82, 2.24) is 10.2 Å². The number of hydrogen-bond acceptors (Lipinski definition) is 3. The van der Waals surface area contributed by atoms with Crippen LogP contribution in [0.5, 0.6) is 5.75 Å². The Labute approximate surface area is 174 Å². The van der Waals surface area contributed by atoms with Gasteiger partial charge in [0, 0.05) is 42.6 Å². The van der Waals surface area contributed by atoms with Crippen LogP contribution in [0.4, 0.5) is 0 Å². The van der Waals surface area contributed by atoms with Crippen molar-refractivity contribution in [3.63, 3.8) is 0 Å². The number of methoxy groups -OCH3 is 1. The number of aliphatic imine (C=N–C) groups is 1. The number of benzene rings is 1. The lowest BCUT2D eigenvalue weighted by molar-refractivity contribution is 0.375. The second-order valence-electron chi connectivity index (χ2n) is 6.87. The lowest BCUT2D eigenvalue weighted by Gasteiger charge is -2.39. The van der Waals surface area contributed by atoms with E-state index in [1.165, 1.54) is 5.56 Å². The molecule has 1 atom stereocenters. The first-order valence-electron chi connectivity index (χ1n) is 8.77. The third-order valence-electron chi connectivity index (χ3n) is 4.24. The van der Waals surface area contributed by atoms with Crippen LogP contribution in [0, 0.1) is 0 Å². The van der Waals surface area contributed by atoms with Crippen LogP contribution in [0.1, 0.15) is 39.2 Å². The number of nitrogens with one attached hydrogen (secondary N) is 1. The molecule has 1 aliphatic heterocycles. The fourth-order valence-electron chi connectivity index (χ4n) is 3.02. The van der Waals surface area contributed by atoms with Gasteiger partial charge in [-0.1, -0.05) is 25.1 Å². The van der Waals surface area contributed by atoms with Crippen LogP contribution in [0.25, 0.3) is 0 Å². The number of nitrogens with zero attached hydrogens (tertiary/aromatic N) is 2. The lowest BCUT2D eigenvalue weighted by atomic mass is 10.0. The van der Waals surface area contributed by atoms with Gasteiger partial charge in [0.05, 0.1) is 7.11 Å². The Morgan fingerprint density at radius 3 is 2.76 bits per heavy atom. The predicted octanol–water partition coefficient (Wildman–Crippen LogP) is 4.21. The molecule has 1 fully saturated rings. The fraction of sp³-hybridized carbons (Fsp3) is 0.632. The Balaban J connectivity index is 0.00000312. The summed E-state index contributed by atoms with van der Waals surface area (Å²) in [6.07, 6.45) is 0. The van der Waals surface area contributed by atoms with Gasteiger partial charge in [-0.2, -0.15) is 11.8 Å². The lowest BCUT2D eigenvalue weighted by Crippen LogP contribution is -2.51. The molecule has 1 saturated heterocycles. The molecular formula is C19H32IN3OS. The zero-order valence-corrected chi connectivity index (χ0v) is 19.2. The van der Waals surface area contributed by atoms with Crippen LogP contribution in [0.3, 0.4) is 0 Å². The van der Waals surface area contributed by atoms with E-state index in [0.29, 0.717) is 5.92 Å². The van der Waals surface area contributed by atoms with Gasteiger partial charge in [0.25, 0.3) is 0 Å². The summed E-state index contributed by atoms with van der Waals surface area (Å²) in [5.74, 6) is 3.45. The van der Waals surface area contributed by atoms with E-state index in [4.69, 9.17) is 9.73 Å². The van der Waals surface area contributed by atoms with Crippen molar-refractivity contribution in [3.8, 4) is 5.75 Å². The van der Waals surface area contributed by atoms with Gasteiger partial charge in [0.2, 0.25) is 0 Å². The largest absolute Gasteiger partial charge is 0.496 e. The highest BCUT2D eigenvalue weighted by molar-refractivity contribution is 14.0. The number of rotatable bonds is 5. The summed E-state index contributed by atoms with van der Waals surface area (Å²) in [5, 5.41) is 3.46. The summed E-state index contributed by atoms with van der Waals surface area (Å²) < 4.78 is 5.77. The molecule has 25 heavy (non-hydrogen) atoms.